The molecule has 16 heavy (non-hydrogen) atoms. The molecule has 1 aromatic heterocycles. The Morgan fingerprint density at radius 1 is 1.50 bits per heavy atom. The summed E-state index contributed by atoms with van der Waals surface area (Å²) < 4.78 is 4.02. The summed E-state index contributed by atoms with van der Waals surface area (Å²) >= 11 is 0. The lowest BCUT2D eigenvalue weighted by Gasteiger charge is -2.16. The quantitative estimate of drug-likeness (QED) is 0.237. The molecule has 0 saturated carbocycles. The van der Waals surface area contributed by atoms with Crippen molar-refractivity contribution in [3.63, 3.8) is 0 Å². The van der Waals surface area contributed by atoms with Crippen molar-refractivity contribution < 1.29 is 33.8 Å². The van der Waals surface area contributed by atoms with Crippen LogP contribution >= 0.6 is 0 Å². The molecule has 4 nitrogen and oxygen atoms in total. The summed E-state index contributed by atoms with van der Waals surface area (Å²) in [6.45, 7) is 7.59. The van der Waals surface area contributed by atoms with Crippen LogP contribution in [0.5, 0.6) is 0 Å². The van der Waals surface area contributed by atoms with Crippen molar-refractivity contribution in [1.82, 2.24) is 4.57 Å². The molecule has 1 rings (SSSR count). The largest absolute Gasteiger partial charge is 1.00 e. The second-order valence-corrected chi connectivity index (χ2v) is 5.02. The highest BCUT2D eigenvalue weighted by molar-refractivity contribution is 5.72. The van der Waals surface area contributed by atoms with Gasteiger partial charge in [-0.1, -0.05) is 25.9 Å². The molecule has 1 N–H and O–H groups in total. The monoisotopic (exact) mass is 337 g/mol. The van der Waals surface area contributed by atoms with Gasteiger partial charge in [0.05, 0.1) is 13.6 Å². The van der Waals surface area contributed by atoms with Gasteiger partial charge in [-0.15, -0.1) is 0 Å². The first-order valence-corrected chi connectivity index (χ1v) is 5.16. The van der Waals surface area contributed by atoms with Crippen molar-refractivity contribution in [3.8, 4) is 0 Å². The van der Waals surface area contributed by atoms with E-state index in [1.165, 1.54) is 6.21 Å². The Hall–Kier alpha value is -0.590. The van der Waals surface area contributed by atoms with E-state index in [2.05, 4.69) is 30.5 Å². The van der Waals surface area contributed by atoms with Crippen molar-refractivity contribution in [2.75, 3.05) is 0 Å². The van der Waals surface area contributed by atoms with Crippen LogP contribution in [0.3, 0.4) is 0 Å². The Balaban J connectivity index is 0.00000225. The van der Waals surface area contributed by atoms with Crippen molar-refractivity contribution in [1.29, 1.82) is 0 Å². The average molecular weight is 337 g/mol. The van der Waals surface area contributed by atoms with Gasteiger partial charge >= 0.3 is 5.82 Å². The van der Waals surface area contributed by atoms with Crippen LogP contribution in [-0.4, -0.2) is 16.0 Å². The number of oxime groups is 1. The summed E-state index contributed by atoms with van der Waals surface area (Å²) in [7, 11) is 1.94. The van der Waals surface area contributed by atoms with Crippen molar-refractivity contribution in [3.05, 3.63) is 18.2 Å². The predicted octanol–water partition coefficient (Wildman–Crippen LogP) is -1.44. The van der Waals surface area contributed by atoms with E-state index in [-0.39, 0.29) is 24.0 Å². The fraction of sp³-hybridized carbons (Fsp3) is 0.636. The van der Waals surface area contributed by atoms with Crippen LogP contribution in [0.4, 0.5) is 0 Å². The molecule has 1 aromatic rings. The van der Waals surface area contributed by atoms with E-state index in [0.29, 0.717) is 5.41 Å². The number of imidazole rings is 1. The molecule has 1 heterocycles. The Kier molecular flexibility index (Phi) is 5.99. The first kappa shape index (κ1) is 15.4. The maximum Gasteiger partial charge on any atom is 0.303 e. The highest BCUT2D eigenvalue weighted by Crippen LogP contribution is 2.19. The Morgan fingerprint density at radius 2 is 2.12 bits per heavy atom. The second-order valence-electron chi connectivity index (χ2n) is 5.02. The smallest absolute Gasteiger partial charge is 0.303 e. The third kappa shape index (κ3) is 4.51. The molecule has 92 valence electrons. The molecule has 0 spiro atoms. The zero-order valence-corrected chi connectivity index (χ0v) is 12.5. The molecule has 0 aliphatic heterocycles. The minimum Gasteiger partial charge on any atom is -1.00 e. The van der Waals surface area contributed by atoms with Gasteiger partial charge in [0, 0.05) is 0 Å². The van der Waals surface area contributed by atoms with E-state index < -0.39 is 0 Å². The van der Waals surface area contributed by atoms with E-state index >= 15 is 0 Å². The van der Waals surface area contributed by atoms with Crippen LogP contribution in [-0.2, 0) is 13.6 Å². The van der Waals surface area contributed by atoms with Gasteiger partial charge in [0.15, 0.2) is 6.21 Å². The van der Waals surface area contributed by atoms with Gasteiger partial charge in [-0.2, -0.15) is 0 Å². The van der Waals surface area contributed by atoms with Crippen LogP contribution in [0, 0.1) is 5.41 Å². The molecular formula is C11H20IN3O. The van der Waals surface area contributed by atoms with Crippen molar-refractivity contribution in [2.24, 2.45) is 17.6 Å². The lowest BCUT2D eigenvalue weighted by molar-refractivity contribution is -0.671. The highest BCUT2D eigenvalue weighted by Gasteiger charge is 2.16. The normalized spacial score (nSPS) is 11.8. The molecular weight excluding hydrogens is 317 g/mol. The molecule has 0 aliphatic carbocycles. The van der Waals surface area contributed by atoms with Crippen LogP contribution in [0.15, 0.2) is 17.5 Å². The van der Waals surface area contributed by atoms with Crippen LogP contribution in [0.25, 0.3) is 0 Å². The first-order chi connectivity index (χ1) is 6.94. The molecule has 0 unspecified atom stereocenters. The molecule has 0 radical (unpaired) electrons. The maximum atomic E-state index is 8.56. The third-order valence-electron chi connectivity index (χ3n) is 2.40. The Labute approximate surface area is 114 Å². The van der Waals surface area contributed by atoms with Gasteiger partial charge < -0.3 is 29.2 Å². The summed E-state index contributed by atoms with van der Waals surface area (Å²) in [4.78, 5) is 0. The minimum absolute atomic E-state index is 0. The third-order valence-corrected chi connectivity index (χ3v) is 2.40. The van der Waals surface area contributed by atoms with E-state index in [4.69, 9.17) is 5.21 Å². The van der Waals surface area contributed by atoms with E-state index in [0.717, 1.165) is 18.8 Å². The van der Waals surface area contributed by atoms with Gasteiger partial charge in [-0.25, -0.2) is 9.13 Å². The van der Waals surface area contributed by atoms with Crippen LogP contribution < -0.4 is 28.5 Å². The molecule has 0 fully saturated rings. The fourth-order valence-electron chi connectivity index (χ4n) is 1.40. The van der Waals surface area contributed by atoms with E-state index in [1.807, 2.05) is 24.0 Å². The number of hydrogen-bond acceptors (Lipinski definition) is 2. The minimum atomic E-state index is 0. The van der Waals surface area contributed by atoms with Gasteiger partial charge in [-0.05, 0) is 11.8 Å². The Bertz CT molecular complexity index is 353. The maximum absolute atomic E-state index is 8.56. The summed E-state index contributed by atoms with van der Waals surface area (Å²) in [6, 6.07) is 0. The SMILES string of the molecule is C[n+]1ccn(CCC(C)(C)C)c1C=NO.[I-]. The van der Waals surface area contributed by atoms with Gasteiger partial charge in [0.1, 0.15) is 12.4 Å². The van der Waals surface area contributed by atoms with Crippen LogP contribution in [0.2, 0.25) is 0 Å². The van der Waals surface area contributed by atoms with Gasteiger partial charge in [0.2, 0.25) is 0 Å². The zero-order chi connectivity index (χ0) is 11.5. The average Bonchev–Trinajstić information content (AvgIpc) is 2.45. The summed E-state index contributed by atoms with van der Waals surface area (Å²) in [5.74, 6) is 0.904. The van der Waals surface area contributed by atoms with Gasteiger partial charge in [0.25, 0.3) is 0 Å². The van der Waals surface area contributed by atoms with E-state index in [1.54, 1.807) is 0 Å². The number of aromatic nitrogens is 2. The Morgan fingerprint density at radius 3 is 2.62 bits per heavy atom. The van der Waals surface area contributed by atoms with Crippen molar-refractivity contribution in [2.45, 2.75) is 33.7 Å². The predicted molar refractivity (Wildman–Crippen MR) is 59.1 cm³/mol. The molecule has 0 atom stereocenters. The number of hydrogen-bond donors (Lipinski definition) is 1. The molecule has 5 heteroatoms. The molecule has 0 aliphatic rings. The number of rotatable bonds is 3. The van der Waals surface area contributed by atoms with Gasteiger partial charge in [-0.3, -0.25) is 0 Å². The first-order valence-electron chi connectivity index (χ1n) is 5.16. The second kappa shape index (κ2) is 6.22. The van der Waals surface area contributed by atoms with Crippen LogP contribution in [0.1, 0.15) is 33.0 Å². The summed E-state index contributed by atoms with van der Waals surface area (Å²) in [6.07, 6.45) is 6.51. The zero-order valence-electron chi connectivity index (χ0n) is 10.3. The molecule has 0 bridgehead atoms. The fourth-order valence-corrected chi connectivity index (χ4v) is 1.40. The standard InChI is InChI=1S/C11H19N3O.HI/c1-11(2,3)5-6-14-8-7-13(4)10(14)9-12-15;/h7-9H,5-6H2,1-4H3;1H. The molecule has 0 aromatic carbocycles. The highest BCUT2D eigenvalue weighted by atomic mass is 127. The topological polar surface area (TPSA) is 41.4 Å². The number of nitrogens with zero attached hydrogens (tertiary/aromatic N) is 3. The summed E-state index contributed by atoms with van der Waals surface area (Å²) in [5.41, 5.74) is 0.316. The number of aryl methyl sites for hydroxylation is 2. The molecule has 0 saturated heterocycles. The molecule has 0 amide bonds. The van der Waals surface area contributed by atoms with Crippen molar-refractivity contribution >= 4 is 6.21 Å². The summed E-state index contributed by atoms with van der Waals surface area (Å²) in [5, 5.41) is 11.6. The number of halogens is 1. The lowest BCUT2D eigenvalue weighted by Crippen LogP contribution is -3.00. The lowest BCUT2D eigenvalue weighted by atomic mass is 9.92. The van der Waals surface area contributed by atoms with E-state index in [9.17, 15) is 0 Å².